The molecular formula is C12H16O3S. The number of hydrogen-bond acceptors (Lipinski definition) is 3. The Balaban J connectivity index is 2.36. The first-order chi connectivity index (χ1) is 7.74. The molecule has 3 nitrogen and oxygen atoms in total. The quantitative estimate of drug-likeness (QED) is 0.744. The number of carboxylic acids is 1. The maximum atomic E-state index is 10.7. The molecule has 0 heterocycles. The third-order valence-corrected chi connectivity index (χ3v) is 3.08. The molecule has 0 fully saturated rings. The molecule has 0 aliphatic heterocycles. The summed E-state index contributed by atoms with van der Waals surface area (Å²) in [6, 6.07) is 6.57. The highest BCUT2D eigenvalue weighted by atomic mass is 32.2. The highest BCUT2D eigenvalue weighted by molar-refractivity contribution is 7.99. The van der Waals surface area contributed by atoms with Gasteiger partial charge in [0.1, 0.15) is 5.75 Å². The number of carboxylic acid groups (broad SMARTS) is 1. The van der Waals surface area contributed by atoms with E-state index in [1.54, 1.807) is 24.3 Å². The third kappa shape index (κ3) is 4.57. The molecule has 16 heavy (non-hydrogen) atoms. The van der Waals surface area contributed by atoms with Crippen LogP contribution in [0.4, 0.5) is 0 Å². The first kappa shape index (κ1) is 12.9. The summed E-state index contributed by atoms with van der Waals surface area (Å²) < 4.78 is 5.46. The fourth-order valence-electron chi connectivity index (χ4n) is 1.18. The van der Waals surface area contributed by atoms with Gasteiger partial charge < -0.3 is 9.84 Å². The molecule has 0 aliphatic carbocycles. The summed E-state index contributed by atoms with van der Waals surface area (Å²) in [6.07, 6.45) is 1.17. The predicted molar refractivity (Wildman–Crippen MR) is 66.5 cm³/mol. The van der Waals surface area contributed by atoms with Crippen molar-refractivity contribution in [3.05, 3.63) is 29.8 Å². The van der Waals surface area contributed by atoms with Crippen LogP contribution in [0.15, 0.2) is 24.3 Å². The summed E-state index contributed by atoms with van der Waals surface area (Å²) >= 11 is 1.84. The zero-order valence-electron chi connectivity index (χ0n) is 9.31. The molecule has 0 bridgehead atoms. The van der Waals surface area contributed by atoms with Crippen LogP contribution >= 0.6 is 11.8 Å². The van der Waals surface area contributed by atoms with Crippen molar-refractivity contribution >= 4 is 17.7 Å². The van der Waals surface area contributed by atoms with Crippen LogP contribution in [0, 0.1) is 0 Å². The Labute approximate surface area is 99.8 Å². The van der Waals surface area contributed by atoms with E-state index in [2.05, 4.69) is 6.92 Å². The Hall–Kier alpha value is -1.16. The van der Waals surface area contributed by atoms with Crippen LogP contribution in [-0.2, 0) is 0 Å². The van der Waals surface area contributed by atoms with Crippen LogP contribution in [0.1, 0.15) is 23.7 Å². The second-order valence-electron chi connectivity index (χ2n) is 3.29. The Morgan fingerprint density at radius 3 is 2.94 bits per heavy atom. The van der Waals surface area contributed by atoms with Crippen molar-refractivity contribution in [3.8, 4) is 5.75 Å². The largest absolute Gasteiger partial charge is 0.493 e. The topological polar surface area (TPSA) is 46.5 Å². The zero-order chi connectivity index (χ0) is 11.8. The summed E-state index contributed by atoms with van der Waals surface area (Å²) in [5.41, 5.74) is 0.263. The Morgan fingerprint density at radius 2 is 2.25 bits per heavy atom. The second-order valence-corrected chi connectivity index (χ2v) is 4.52. The molecular weight excluding hydrogens is 224 g/mol. The number of hydrogen-bond donors (Lipinski definition) is 1. The molecule has 1 N–H and O–H groups in total. The lowest BCUT2D eigenvalue weighted by Crippen LogP contribution is -2.02. The highest BCUT2D eigenvalue weighted by Crippen LogP contribution is 2.13. The van der Waals surface area contributed by atoms with Crippen LogP contribution in [0.3, 0.4) is 0 Å². The van der Waals surface area contributed by atoms with E-state index >= 15 is 0 Å². The minimum atomic E-state index is -0.925. The number of benzene rings is 1. The molecule has 4 heteroatoms. The van der Waals surface area contributed by atoms with Crippen LogP contribution in [0.2, 0.25) is 0 Å². The minimum Gasteiger partial charge on any atom is -0.493 e. The zero-order valence-corrected chi connectivity index (χ0v) is 10.1. The first-order valence-corrected chi connectivity index (χ1v) is 6.43. The normalized spacial score (nSPS) is 10.1. The van der Waals surface area contributed by atoms with Gasteiger partial charge in [-0.3, -0.25) is 0 Å². The van der Waals surface area contributed by atoms with Gasteiger partial charge in [-0.2, -0.15) is 11.8 Å². The Morgan fingerprint density at radius 1 is 1.44 bits per heavy atom. The summed E-state index contributed by atoms with van der Waals surface area (Å²) in [4.78, 5) is 10.7. The maximum absolute atomic E-state index is 10.7. The van der Waals surface area contributed by atoms with E-state index in [1.165, 1.54) is 6.42 Å². The van der Waals surface area contributed by atoms with E-state index in [9.17, 15) is 4.79 Å². The fraction of sp³-hybridized carbons (Fsp3) is 0.417. The molecule has 0 saturated heterocycles. The van der Waals surface area contributed by atoms with Gasteiger partial charge in [0.15, 0.2) is 0 Å². The van der Waals surface area contributed by atoms with E-state index < -0.39 is 5.97 Å². The van der Waals surface area contributed by atoms with Crippen molar-refractivity contribution in [2.24, 2.45) is 0 Å². The van der Waals surface area contributed by atoms with Gasteiger partial charge in [0.05, 0.1) is 12.2 Å². The Bertz CT molecular complexity index is 339. The van der Waals surface area contributed by atoms with Gasteiger partial charge in [-0.1, -0.05) is 13.0 Å². The first-order valence-electron chi connectivity index (χ1n) is 5.28. The van der Waals surface area contributed by atoms with Gasteiger partial charge in [0.25, 0.3) is 0 Å². The summed E-state index contributed by atoms with van der Waals surface area (Å²) in [5, 5.41) is 8.79. The van der Waals surface area contributed by atoms with Crippen molar-refractivity contribution in [3.63, 3.8) is 0 Å². The average molecular weight is 240 g/mol. The molecule has 0 aliphatic rings. The van der Waals surface area contributed by atoms with Gasteiger partial charge >= 0.3 is 5.97 Å². The standard InChI is InChI=1S/C12H16O3S/c1-2-7-16-8-6-15-11-5-3-4-10(9-11)12(13)14/h3-5,9H,2,6-8H2,1H3,(H,13,14). The molecule has 0 spiro atoms. The maximum Gasteiger partial charge on any atom is 0.335 e. The van der Waals surface area contributed by atoms with Gasteiger partial charge in [0.2, 0.25) is 0 Å². The molecule has 1 aromatic carbocycles. The van der Waals surface area contributed by atoms with Crippen LogP contribution < -0.4 is 4.74 Å². The van der Waals surface area contributed by atoms with Crippen molar-refractivity contribution in [1.29, 1.82) is 0 Å². The molecule has 0 saturated carbocycles. The van der Waals surface area contributed by atoms with Gasteiger partial charge in [-0.15, -0.1) is 0 Å². The molecule has 1 rings (SSSR count). The summed E-state index contributed by atoms with van der Waals surface area (Å²) in [7, 11) is 0. The summed E-state index contributed by atoms with van der Waals surface area (Å²) in [6.45, 7) is 2.76. The molecule has 88 valence electrons. The van der Waals surface area contributed by atoms with Crippen LogP contribution in [0.25, 0.3) is 0 Å². The van der Waals surface area contributed by atoms with E-state index in [0.717, 1.165) is 11.5 Å². The van der Waals surface area contributed by atoms with Crippen molar-refractivity contribution < 1.29 is 14.6 Å². The van der Waals surface area contributed by atoms with Crippen molar-refractivity contribution in [1.82, 2.24) is 0 Å². The fourth-order valence-corrected chi connectivity index (χ4v) is 1.88. The number of ether oxygens (including phenoxy) is 1. The number of carbonyl (C=O) groups is 1. The van der Waals surface area contributed by atoms with E-state index in [1.807, 2.05) is 11.8 Å². The lowest BCUT2D eigenvalue weighted by atomic mass is 10.2. The monoisotopic (exact) mass is 240 g/mol. The summed E-state index contributed by atoms with van der Waals surface area (Å²) in [5.74, 6) is 1.77. The smallest absolute Gasteiger partial charge is 0.335 e. The van der Waals surface area contributed by atoms with Crippen LogP contribution in [0.5, 0.6) is 5.75 Å². The Kier molecular flexibility index (Phi) is 5.78. The third-order valence-electron chi connectivity index (χ3n) is 1.93. The highest BCUT2D eigenvalue weighted by Gasteiger charge is 2.03. The van der Waals surface area contributed by atoms with Crippen LogP contribution in [-0.4, -0.2) is 29.2 Å². The molecule has 0 atom stereocenters. The lowest BCUT2D eigenvalue weighted by Gasteiger charge is -2.06. The average Bonchev–Trinajstić information content (AvgIpc) is 2.29. The number of aromatic carboxylic acids is 1. The minimum absolute atomic E-state index is 0.263. The lowest BCUT2D eigenvalue weighted by molar-refractivity contribution is 0.0696. The SMILES string of the molecule is CCCSCCOc1cccc(C(=O)O)c1. The molecule has 0 unspecified atom stereocenters. The van der Waals surface area contributed by atoms with Gasteiger partial charge in [-0.05, 0) is 30.4 Å². The van der Waals surface area contributed by atoms with E-state index in [-0.39, 0.29) is 5.56 Å². The van der Waals surface area contributed by atoms with E-state index in [0.29, 0.717) is 12.4 Å². The van der Waals surface area contributed by atoms with Crippen molar-refractivity contribution in [2.75, 3.05) is 18.1 Å². The van der Waals surface area contributed by atoms with E-state index in [4.69, 9.17) is 9.84 Å². The number of rotatable bonds is 7. The van der Waals surface area contributed by atoms with Gasteiger partial charge in [-0.25, -0.2) is 4.79 Å². The predicted octanol–water partition coefficient (Wildman–Crippen LogP) is 2.91. The molecule has 0 aromatic heterocycles. The molecule has 0 radical (unpaired) electrons. The molecule has 0 amide bonds. The number of thioether (sulfide) groups is 1. The van der Waals surface area contributed by atoms with Crippen molar-refractivity contribution in [2.45, 2.75) is 13.3 Å². The molecule has 1 aromatic rings. The van der Waals surface area contributed by atoms with Gasteiger partial charge in [0, 0.05) is 5.75 Å². The second kappa shape index (κ2) is 7.17.